The maximum absolute atomic E-state index is 11.9. The first-order chi connectivity index (χ1) is 9.58. The zero-order chi connectivity index (χ0) is 14.5. The van der Waals surface area contributed by atoms with Crippen LogP contribution in [-0.4, -0.2) is 34.7 Å². The highest BCUT2D eigenvalue weighted by molar-refractivity contribution is 5.90. The van der Waals surface area contributed by atoms with Crippen LogP contribution in [0.25, 0.3) is 0 Å². The van der Waals surface area contributed by atoms with E-state index in [0.717, 1.165) is 19.3 Å². The van der Waals surface area contributed by atoms with Gasteiger partial charge in [0.2, 0.25) is 11.8 Å². The normalized spacial score (nSPS) is 21.7. The summed E-state index contributed by atoms with van der Waals surface area (Å²) in [6.07, 6.45) is 6.74. The fraction of sp³-hybridized carbons (Fsp3) is 0.615. The number of amides is 2. The van der Waals surface area contributed by atoms with E-state index in [9.17, 15) is 9.59 Å². The van der Waals surface area contributed by atoms with Gasteiger partial charge in [0.15, 0.2) is 0 Å². The number of carbonyl (C=O) groups excluding carboxylic acids is 2. The lowest BCUT2D eigenvalue weighted by molar-refractivity contribution is -0.121. The summed E-state index contributed by atoms with van der Waals surface area (Å²) in [5, 5.41) is 9.33. The Morgan fingerprint density at radius 2 is 2.25 bits per heavy atom. The fourth-order valence-corrected chi connectivity index (χ4v) is 2.51. The van der Waals surface area contributed by atoms with Crippen LogP contribution in [0, 0.1) is 5.92 Å². The Morgan fingerprint density at radius 3 is 2.90 bits per heavy atom. The molecule has 110 valence electrons. The van der Waals surface area contributed by atoms with Crippen LogP contribution in [0.2, 0.25) is 0 Å². The van der Waals surface area contributed by atoms with E-state index < -0.39 is 0 Å². The molecule has 7 nitrogen and oxygen atoms in total. The van der Waals surface area contributed by atoms with Crippen molar-refractivity contribution in [3.63, 3.8) is 0 Å². The quantitative estimate of drug-likeness (QED) is 0.710. The second-order valence-corrected chi connectivity index (χ2v) is 5.21. The molecule has 1 aliphatic carbocycles. The second-order valence-electron chi connectivity index (χ2n) is 5.21. The molecule has 4 N–H and O–H groups in total. The Kier molecular flexibility index (Phi) is 4.73. The predicted molar refractivity (Wildman–Crippen MR) is 74.9 cm³/mol. The van der Waals surface area contributed by atoms with Crippen molar-refractivity contribution in [2.45, 2.75) is 38.3 Å². The molecule has 1 aliphatic rings. The summed E-state index contributed by atoms with van der Waals surface area (Å²) in [6.45, 7) is 0.139. The number of hydrogen-bond donors (Lipinski definition) is 3. The van der Waals surface area contributed by atoms with Crippen LogP contribution in [0.3, 0.4) is 0 Å². The van der Waals surface area contributed by atoms with Gasteiger partial charge in [-0.1, -0.05) is 6.42 Å². The lowest BCUT2D eigenvalue weighted by Gasteiger charge is -2.14. The van der Waals surface area contributed by atoms with Gasteiger partial charge in [-0.25, -0.2) is 0 Å². The van der Waals surface area contributed by atoms with Gasteiger partial charge in [-0.05, 0) is 18.8 Å². The van der Waals surface area contributed by atoms with Gasteiger partial charge in [0.25, 0.3) is 0 Å². The van der Waals surface area contributed by atoms with Crippen molar-refractivity contribution in [3.05, 3.63) is 12.4 Å². The molecule has 2 rings (SSSR count). The highest BCUT2D eigenvalue weighted by Gasteiger charge is 2.26. The number of likely N-dealkylation sites (N-methyl/N-ethyl adjacent to an activating group) is 1. The van der Waals surface area contributed by atoms with Crippen LogP contribution in [0.5, 0.6) is 0 Å². The van der Waals surface area contributed by atoms with Gasteiger partial charge in [-0.15, -0.1) is 0 Å². The Bertz CT molecular complexity index is 485. The average molecular weight is 279 g/mol. The summed E-state index contributed by atoms with van der Waals surface area (Å²) >= 11 is 0. The van der Waals surface area contributed by atoms with Crippen LogP contribution in [0.4, 0.5) is 5.69 Å². The lowest BCUT2D eigenvalue weighted by Crippen LogP contribution is -2.28. The van der Waals surface area contributed by atoms with Crippen LogP contribution in [-0.2, 0) is 16.1 Å². The molecule has 1 aromatic rings. The van der Waals surface area contributed by atoms with Crippen molar-refractivity contribution >= 4 is 17.5 Å². The summed E-state index contributed by atoms with van der Waals surface area (Å²) in [6, 6.07) is 0.136. The SMILES string of the molecule is CNC(=O)Cn1cc(NC(=O)C[C@@H]2CCC[C@H]2N)cn1. The minimum absolute atomic E-state index is 0.0492. The minimum atomic E-state index is -0.136. The third kappa shape index (κ3) is 3.80. The number of nitrogens with one attached hydrogen (secondary N) is 2. The molecule has 2 amide bonds. The number of rotatable bonds is 5. The van der Waals surface area contributed by atoms with Gasteiger partial charge in [0.1, 0.15) is 6.54 Å². The summed E-state index contributed by atoms with van der Waals surface area (Å²) < 4.78 is 1.48. The number of nitrogens with two attached hydrogens (primary N) is 1. The van der Waals surface area contributed by atoms with Crippen molar-refractivity contribution in [1.82, 2.24) is 15.1 Å². The first-order valence-corrected chi connectivity index (χ1v) is 6.87. The van der Waals surface area contributed by atoms with Crippen molar-refractivity contribution in [3.8, 4) is 0 Å². The van der Waals surface area contributed by atoms with E-state index in [4.69, 9.17) is 5.73 Å². The predicted octanol–water partition coefficient (Wildman–Crippen LogP) is 0.0851. The van der Waals surface area contributed by atoms with Crippen LogP contribution >= 0.6 is 0 Å². The summed E-state index contributed by atoms with van der Waals surface area (Å²) in [5.41, 5.74) is 6.56. The molecule has 0 spiro atoms. The smallest absolute Gasteiger partial charge is 0.241 e. The van der Waals surface area contributed by atoms with Gasteiger partial charge in [-0.2, -0.15) is 5.10 Å². The fourth-order valence-electron chi connectivity index (χ4n) is 2.51. The third-order valence-corrected chi connectivity index (χ3v) is 3.67. The number of carbonyl (C=O) groups is 2. The molecule has 1 heterocycles. The molecule has 0 bridgehead atoms. The molecule has 1 aromatic heterocycles. The Balaban J connectivity index is 1.83. The first kappa shape index (κ1) is 14.5. The summed E-state index contributed by atoms with van der Waals surface area (Å²) in [5.74, 6) is 0.0886. The summed E-state index contributed by atoms with van der Waals surface area (Å²) in [7, 11) is 1.57. The van der Waals surface area contributed by atoms with E-state index in [1.807, 2.05) is 0 Å². The van der Waals surface area contributed by atoms with E-state index in [-0.39, 0.29) is 30.3 Å². The molecular weight excluding hydrogens is 258 g/mol. The summed E-state index contributed by atoms with van der Waals surface area (Å²) in [4.78, 5) is 23.1. The number of hydrogen-bond acceptors (Lipinski definition) is 4. The van der Waals surface area contributed by atoms with Gasteiger partial charge < -0.3 is 16.4 Å². The monoisotopic (exact) mass is 279 g/mol. The number of aromatic nitrogens is 2. The molecule has 0 radical (unpaired) electrons. The van der Waals surface area contributed by atoms with Crippen LogP contribution in [0.15, 0.2) is 12.4 Å². The molecule has 2 atom stereocenters. The molecule has 0 aliphatic heterocycles. The van der Waals surface area contributed by atoms with Crippen molar-refractivity contribution in [2.24, 2.45) is 11.7 Å². The number of nitrogens with zero attached hydrogens (tertiary/aromatic N) is 2. The lowest BCUT2D eigenvalue weighted by atomic mass is 10.00. The molecule has 0 unspecified atom stereocenters. The third-order valence-electron chi connectivity index (χ3n) is 3.67. The highest BCUT2D eigenvalue weighted by atomic mass is 16.2. The largest absolute Gasteiger partial charge is 0.358 e. The molecule has 0 aromatic carbocycles. The highest BCUT2D eigenvalue weighted by Crippen LogP contribution is 2.27. The zero-order valence-electron chi connectivity index (χ0n) is 11.6. The average Bonchev–Trinajstić information content (AvgIpc) is 3.00. The van der Waals surface area contributed by atoms with Gasteiger partial charge in [0.05, 0.1) is 11.9 Å². The van der Waals surface area contributed by atoms with Crippen molar-refractivity contribution in [1.29, 1.82) is 0 Å². The second kappa shape index (κ2) is 6.51. The van der Waals surface area contributed by atoms with E-state index in [0.29, 0.717) is 12.1 Å². The van der Waals surface area contributed by atoms with E-state index in [1.54, 1.807) is 13.2 Å². The van der Waals surface area contributed by atoms with Gasteiger partial charge in [0, 0.05) is 25.7 Å². The zero-order valence-corrected chi connectivity index (χ0v) is 11.6. The Labute approximate surface area is 117 Å². The minimum Gasteiger partial charge on any atom is -0.358 e. The molecule has 0 saturated heterocycles. The Morgan fingerprint density at radius 1 is 1.45 bits per heavy atom. The van der Waals surface area contributed by atoms with Gasteiger partial charge in [-0.3, -0.25) is 14.3 Å². The molecular formula is C13H21N5O2. The van der Waals surface area contributed by atoms with Crippen molar-refractivity contribution < 1.29 is 9.59 Å². The van der Waals surface area contributed by atoms with E-state index in [1.165, 1.54) is 10.9 Å². The molecule has 20 heavy (non-hydrogen) atoms. The standard InChI is InChI=1S/C13H21N5O2/c1-15-13(20)8-18-7-10(6-16-18)17-12(19)5-9-3-2-4-11(9)14/h6-7,9,11H,2-5,8,14H2,1H3,(H,15,20)(H,17,19)/t9-,11+/m0/s1. The maximum Gasteiger partial charge on any atom is 0.241 e. The first-order valence-electron chi connectivity index (χ1n) is 6.87. The molecule has 1 saturated carbocycles. The van der Waals surface area contributed by atoms with Gasteiger partial charge >= 0.3 is 0 Å². The molecule has 7 heteroatoms. The van der Waals surface area contributed by atoms with Crippen LogP contribution < -0.4 is 16.4 Å². The van der Waals surface area contributed by atoms with E-state index >= 15 is 0 Å². The Hall–Kier alpha value is -1.89. The molecule has 1 fully saturated rings. The maximum atomic E-state index is 11.9. The number of anilines is 1. The van der Waals surface area contributed by atoms with E-state index in [2.05, 4.69) is 15.7 Å². The topological polar surface area (TPSA) is 102 Å². The van der Waals surface area contributed by atoms with Crippen LogP contribution in [0.1, 0.15) is 25.7 Å². The van der Waals surface area contributed by atoms with Crippen molar-refractivity contribution in [2.75, 3.05) is 12.4 Å².